The van der Waals surface area contributed by atoms with Crippen LogP contribution in [0.4, 0.5) is 5.69 Å². The van der Waals surface area contributed by atoms with Gasteiger partial charge < -0.3 is 24.0 Å². The number of hydrogen-bond acceptors (Lipinski definition) is 6. The number of nitrogens with zero attached hydrogens (tertiary/aromatic N) is 3. The van der Waals surface area contributed by atoms with Gasteiger partial charge in [0.05, 0.1) is 34.0 Å². The first-order valence-corrected chi connectivity index (χ1v) is 15.2. The average Bonchev–Trinajstić information content (AvgIpc) is 3.23. The summed E-state index contributed by atoms with van der Waals surface area (Å²) in [6.45, 7) is 9.15. The molecule has 2 heterocycles. The number of fused-ring (bicyclic) bond motifs is 1. The van der Waals surface area contributed by atoms with Gasteiger partial charge in [0.2, 0.25) is 5.91 Å². The van der Waals surface area contributed by atoms with Crippen LogP contribution >= 0.6 is 23.2 Å². The van der Waals surface area contributed by atoms with Crippen LogP contribution in [0.1, 0.15) is 40.9 Å². The monoisotopic (exact) mass is 625 g/mol. The highest BCUT2D eigenvalue weighted by Gasteiger charge is 2.50. The van der Waals surface area contributed by atoms with Crippen molar-refractivity contribution in [1.29, 1.82) is 0 Å². The summed E-state index contributed by atoms with van der Waals surface area (Å²) in [5.41, 5.74) is 2.12. The molecule has 0 bridgehead atoms. The van der Waals surface area contributed by atoms with Crippen LogP contribution in [0.25, 0.3) is 0 Å². The number of carbonyl (C=O) groups is 2. The fourth-order valence-corrected chi connectivity index (χ4v) is 6.40. The molecule has 5 rings (SSSR count). The lowest BCUT2D eigenvalue weighted by Gasteiger charge is -2.30. The molecule has 228 valence electrons. The second kappa shape index (κ2) is 13.1. The van der Waals surface area contributed by atoms with E-state index in [2.05, 4.69) is 4.90 Å². The zero-order valence-corrected chi connectivity index (χ0v) is 26.5. The quantitative estimate of drug-likeness (QED) is 0.290. The molecule has 0 aliphatic carbocycles. The van der Waals surface area contributed by atoms with E-state index in [1.807, 2.05) is 43.0 Å². The molecule has 3 aromatic rings. The van der Waals surface area contributed by atoms with Crippen molar-refractivity contribution < 1.29 is 23.8 Å². The Balaban J connectivity index is 1.49. The highest BCUT2D eigenvalue weighted by atomic mass is 35.5. The molecule has 3 aromatic carbocycles. The van der Waals surface area contributed by atoms with E-state index in [-0.39, 0.29) is 18.4 Å². The van der Waals surface area contributed by atoms with E-state index in [0.717, 1.165) is 36.4 Å². The summed E-state index contributed by atoms with van der Waals surface area (Å²) in [5.74, 6) is 0.992. The molecular formula is C33H37Cl2N3O5. The molecule has 2 aliphatic rings. The third-order valence-electron chi connectivity index (χ3n) is 8.49. The number of carbonyl (C=O) groups excluding carboxylic acids is 2. The fourth-order valence-electron chi connectivity index (χ4n) is 5.92. The number of benzene rings is 3. The minimum Gasteiger partial charge on any atom is -0.497 e. The maximum Gasteiger partial charge on any atom is 0.253 e. The van der Waals surface area contributed by atoms with Crippen LogP contribution in [-0.4, -0.2) is 81.8 Å². The van der Waals surface area contributed by atoms with Gasteiger partial charge in [-0.2, -0.15) is 0 Å². The summed E-state index contributed by atoms with van der Waals surface area (Å²) in [4.78, 5) is 34.1. The van der Waals surface area contributed by atoms with E-state index in [1.54, 1.807) is 49.5 Å². The number of amides is 2. The van der Waals surface area contributed by atoms with Crippen molar-refractivity contribution >= 4 is 40.7 Å². The molecular weight excluding hydrogens is 589 g/mol. The molecule has 10 heteroatoms. The molecule has 0 spiro atoms. The summed E-state index contributed by atoms with van der Waals surface area (Å²) >= 11 is 13.3. The second-order valence-electron chi connectivity index (χ2n) is 10.9. The molecule has 8 nitrogen and oxygen atoms in total. The predicted molar refractivity (Wildman–Crippen MR) is 169 cm³/mol. The summed E-state index contributed by atoms with van der Waals surface area (Å²) in [6.07, 6.45) is 0. The van der Waals surface area contributed by atoms with Crippen molar-refractivity contribution in [2.75, 3.05) is 65.1 Å². The normalized spacial score (nSPS) is 18.5. The standard InChI is InChI=1S/C33H37Cl2N3O5/c1-5-37(13-12-36-14-16-43-17-15-36)31(39)22-7-10-28(35)26(18-22)33(2)27-19-24(34)8-11-29(27)38(32(33)40)21-23-6-9-25(41-3)20-30(23)42-4/h6-11,18-20H,5,12-17,21H2,1-4H3. The summed E-state index contributed by atoms with van der Waals surface area (Å²) in [6, 6.07) is 16.2. The molecule has 2 aliphatic heterocycles. The van der Waals surface area contributed by atoms with Crippen molar-refractivity contribution in [2.45, 2.75) is 25.8 Å². The van der Waals surface area contributed by atoms with Gasteiger partial charge in [-0.1, -0.05) is 23.2 Å². The van der Waals surface area contributed by atoms with Crippen LogP contribution in [0.2, 0.25) is 10.0 Å². The number of morpholine rings is 1. The van der Waals surface area contributed by atoms with Crippen LogP contribution in [0.15, 0.2) is 54.6 Å². The van der Waals surface area contributed by atoms with Crippen molar-refractivity contribution in [1.82, 2.24) is 9.80 Å². The number of ether oxygens (including phenoxy) is 3. The lowest BCUT2D eigenvalue weighted by Crippen LogP contribution is -2.43. The Hall–Kier alpha value is -3.30. The molecule has 0 N–H and O–H groups in total. The first-order chi connectivity index (χ1) is 20.7. The van der Waals surface area contributed by atoms with Crippen LogP contribution in [0.5, 0.6) is 11.5 Å². The topological polar surface area (TPSA) is 71.6 Å². The largest absolute Gasteiger partial charge is 0.497 e. The minimum absolute atomic E-state index is 0.103. The summed E-state index contributed by atoms with van der Waals surface area (Å²) in [7, 11) is 3.18. The number of hydrogen-bond donors (Lipinski definition) is 0. The van der Waals surface area contributed by atoms with Gasteiger partial charge in [0.25, 0.3) is 5.91 Å². The average molecular weight is 627 g/mol. The van der Waals surface area contributed by atoms with Crippen molar-refractivity contribution in [3.8, 4) is 11.5 Å². The SMILES string of the molecule is CCN(CCN1CCOCC1)C(=O)c1ccc(Cl)c(C2(C)C(=O)N(Cc3ccc(OC)cc3OC)c3ccc(Cl)cc32)c1. The van der Waals surface area contributed by atoms with Gasteiger partial charge in [0.1, 0.15) is 16.9 Å². The van der Waals surface area contributed by atoms with Crippen LogP contribution in [0.3, 0.4) is 0 Å². The lowest BCUT2D eigenvalue weighted by molar-refractivity contribution is -0.121. The fraction of sp³-hybridized carbons (Fsp3) is 0.394. The minimum atomic E-state index is -1.18. The smallest absolute Gasteiger partial charge is 0.253 e. The first-order valence-electron chi connectivity index (χ1n) is 14.4. The number of halogens is 2. The van der Waals surface area contributed by atoms with Gasteiger partial charge in [-0.25, -0.2) is 0 Å². The number of likely N-dealkylation sites (N-methyl/N-ethyl adjacent to an activating group) is 1. The van der Waals surface area contributed by atoms with E-state index in [0.29, 0.717) is 59.0 Å². The molecule has 1 saturated heterocycles. The highest BCUT2D eigenvalue weighted by Crippen LogP contribution is 2.49. The Morgan fingerprint density at radius 1 is 1.00 bits per heavy atom. The zero-order chi connectivity index (χ0) is 30.7. The molecule has 1 atom stereocenters. The van der Waals surface area contributed by atoms with E-state index in [1.165, 1.54) is 0 Å². The molecule has 1 fully saturated rings. The Kier molecular flexibility index (Phi) is 9.51. The van der Waals surface area contributed by atoms with Gasteiger partial charge in [-0.15, -0.1) is 0 Å². The van der Waals surface area contributed by atoms with Crippen LogP contribution in [0, 0.1) is 0 Å². The van der Waals surface area contributed by atoms with E-state index < -0.39 is 5.41 Å². The van der Waals surface area contributed by atoms with Gasteiger partial charge in [-0.3, -0.25) is 14.5 Å². The number of rotatable bonds is 10. The maximum atomic E-state index is 14.5. The highest BCUT2D eigenvalue weighted by molar-refractivity contribution is 6.33. The molecule has 2 amide bonds. The molecule has 43 heavy (non-hydrogen) atoms. The second-order valence-corrected chi connectivity index (χ2v) is 11.7. The zero-order valence-electron chi connectivity index (χ0n) is 25.0. The maximum absolute atomic E-state index is 14.5. The molecule has 0 aromatic heterocycles. The van der Waals surface area contributed by atoms with Gasteiger partial charge in [-0.05, 0) is 73.5 Å². The lowest BCUT2D eigenvalue weighted by atomic mass is 9.76. The summed E-state index contributed by atoms with van der Waals surface area (Å²) < 4.78 is 16.4. The van der Waals surface area contributed by atoms with Crippen LogP contribution < -0.4 is 14.4 Å². The number of anilines is 1. The number of methoxy groups -OCH3 is 2. The Morgan fingerprint density at radius 3 is 2.47 bits per heavy atom. The van der Waals surface area contributed by atoms with Crippen molar-refractivity contribution in [3.63, 3.8) is 0 Å². The Morgan fingerprint density at radius 2 is 1.77 bits per heavy atom. The van der Waals surface area contributed by atoms with Crippen molar-refractivity contribution in [3.05, 3.63) is 86.9 Å². The van der Waals surface area contributed by atoms with Gasteiger partial charge in [0, 0.05) is 65.6 Å². The van der Waals surface area contributed by atoms with Gasteiger partial charge in [0.15, 0.2) is 0 Å². The third-order valence-corrected chi connectivity index (χ3v) is 9.06. The van der Waals surface area contributed by atoms with Crippen molar-refractivity contribution in [2.24, 2.45) is 0 Å². The van der Waals surface area contributed by atoms with Gasteiger partial charge >= 0.3 is 0 Å². The Bertz CT molecular complexity index is 1510. The molecule has 0 radical (unpaired) electrons. The summed E-state index contributed by atoms with van der Waals surface area (Å²) in [5, 5.41) is 0.906. The van der Waals surface area contributed by atoms with E-state index in [4.69, 9.17) is 37.4 Å². The third kappa shape index (κ3) is 6.07. The van der Waals surface area contributed by atoms with Crippen LogP contribution in [-0.2, 0) is 21.5 Å². The van der Waals surface area contributed by atoms with E-state index in [9.17, 15) is 9.59 Å². The Labute approximate surface area is 263 Å². The first kappa shape index (κ1) is 31.1. The predicted octanol–water partition coefficient (Wildman–Crippen LogP) is 5.66. The molecule has 1 unspecified atom stereocenters. The molecule has 0 saturated carbocycles. The van der Waals surface area contributed by atoms with E-state index >= 15 is 0 Å².